The summed E-state index contributed by atoms with van der Waals surface area (Å²) in [5.41, 5.74) is 7.14. The van der Waals surface area contributed by atoms with Crippen LogP contribution in [0, 0.1) is 5.82 Å². The summed E-state index contributed by atoms with van der Waals surface area (Å²) >= 11 is 6.72. The Hall–Kier alpha value is -3.24. The van der Waals surface area contributed by atoms with Crippen LogP contribution in [0.25, 0.3) is 11.1 Å². The Morgan fingerprint density at radius 3 is 2.65 bits per heavy atom. The van der Waals surface area contributed by atoms with Gasteiger partial charge in [0.2, 0.25) is 0 Å². The number of aryl methyl sites for hydroxylation is 1. The Balaban J connectivity index is 1.42. The topological polar surface area (TPSA) is 35.0 Å². The maximum absolute atomic E-state index is 14.5. The van der Waals surface area contributed by atoms with Crippen molar-refractivity contribution in [3.63, 3.8) is 0 Å². The molecule has 0 saturated carbocycles. The van der Waals surface area contributed by atoms with E-state index in [0.717, 1.165) is 58.8 Å². The third-order valence-electron chi connectivity index (χ3n) is 6.64. The fraction of sp³-hybridized carbons (Fsp3) is 0.241. The zero-order chi connectivity index (χ0) is 23.5. The summed E-state index contributed by atoms with van der Waals surface area (Å²) in [5.74, 6) is 0.993. The molecule has 0 aliphatic heterocycles. The van der Waals surface area contributed by atoms with Gasteiger partial charge in [0, 0.05) is 16.8 Å². The van der Waals surface area contributed by atoms with Gasteiger partial charge in [-0.05, 0) is 89.8 Å². The second-order valence-electron chi connectivity index (χ2n) is 8.70. The minimum absolute atomic E-state index is 0.178. The fourth-order valence-electron chi connectivity index (χ4n) is 4.92. The van der Waals surface area contributed by atoms with Gasteiger partial charge in [0.25, 0.3) is 0 Å². The van der Waals surface area contributed by atoms with Gasteiger partial charge in [-0.1, -0.05) is 54.9 Å². The molecule has 0 fully saturated rings. The van der Waals surface area contributed by atoms with Crippen molar-refractivity contribution in [2.75, 3.05) is 0 Å². The van der Waals surface area contributed by atoms with Crippen LogP contribution in [0.15, 0.2) is 72.9 Å². The van der Waals surface area contributed by atoms with Crippen LogP contribution in [0.4, 0.5) is 4.39 Å². The van der Waals surface area contributed by atoms with Gasteiger partial charge in [0.05, 0.1) is 0 Å². The lowest BCUT2D eigenvalue weighted by atomic mass is 9.90. The largest absolute Gasteiger partial charge is 0.487 e. The van der Waals surface area contributed by atoms with E-state index in [0.29, 0.717) is 18.1 Å². The van der Waals surface area contributed by atoms with Crippen molar-refractivity contribution < 1.29 is 9.13 Å². The van der Waals surface area contributed by atoms with Crippen LogP contribution in [0.3, 0.4) is 0 Å². The Bertz CT molecular complexity index is 1310. The van der Waals surface area contributed by atoms with Crippen LogP contribution in [0.5, 0.6) is 5.75 Å². The average molecular weight is 473 g/mol. The number of hydrogen-bond donors (Lipinski definition) is 0. The molecule has 0 radical (unpaired) electrons. The molecule has 1 aliphatic rings. The summed E-state index contributed by atoms with van der Waals surface area (Å²) in [5, 5.41) is 8.80. The molecule has 0 N–H and O–H groups in total. The molecular weight excluding hydrogens is 447 g/mol. The lowest BCUT2D eigenvalue weighted by Crippen LogP contribution is -2.04. The molecule has 0 saturated heterocycles. The van der Waals surface area contributed by atoms with Crippen molar-refractivity contribution in [2.24, 2.45) is 0 Å². The van der Waals surface area contributed by atoms with Crippen LogP contribution in [-0.2, 0) is 25.9 Å². The molecular formula is C29H26ClFN2O. The van der Waals surface area contributed by atoms with Crippen molar-refractivity contribution in [1.82, 2.24) is 10.2 Å². The maximum Gasteiger partial charge on any atom is 0.132 e. The Morgan fingerprint density at radius 1 is 1.00 bits per heavy atom. The van der Waals surface area contributed by atoms with Gasteiger partial charge >= 0.3 is 0 Å². The molecule has 1 aromatic heterocycles. The first-order valence-corrected chi connectivity index (χ1v) is 12.1. The van der Waals surface area contributed by atoms with E-state index >= 15 is 0 Å². The lowest BCUT2D eigenvalue weighted by molar-refractivity contribution is 0.296. The first kappa shape index (κ1) is 22.5. The molecule has 3 aromatic carbocycles. The number of fused-ring (bicyclic) bond motifs is 1. The molecule has 5 heteroatoms. The first-order chi connectivity index (χ1) is 16.6. The molecule has 4 aromatic rings. The molecule has 1 aliphatic carbocycles. The number of aromatic nitrogens is 2. The summed E-state index contributed by atoms with van der Waals surface area (Å²) in [6.45, 7) is 2.46. The second-order valence-corrected chi connectivity index (χ2v) is 9.11. The third-order valence-corrected chi connectivity index (χ3v) is 6.99. The fourth-order valence-corrected chi connectivity index (χ4v) is 5.18. The average Bonchev–Trinajstić information content (AvgIpc) is 3.28. The lowest BCUT2D eigenvalue weighted by Gasteiger charge is -2.17. The number of hydrogen-bond acceptors (Lipinski definition) is 3. The van der Waals surface area contributed by atoms with Crippen molar-refractivity contribution in [2.45, 2.75) is 45.1 Å². The normalized spacial score (nSPS) is 14.7. The highest BCUT2D eigenvalue weighted by Gasteiger charge is 2.27. The second kappa shape index (κ2) is 9.94. The van der Waals surface area contributed by atoms with Crippen molar-refractivity contribution >= 4 is 11.6 Å². The standard InChI is InChI=1S/C29H26ClFN2O/c1-2-19-16-27(30)21(17-29(19)34-18-22-7-6-14-32-33-22)15-20-12-13-25-23(20)9-5-10-24(25)26-8-3-4-11-28(26)31/h3-11,14,16-17,20H,2,12-13,15,18H2,1H3/t20-/m1/s1. The predicted octanol–water partition coefficient (Wildman–Crippen LogP) is 7.35. The number of halogens is 2. The van der Waals surface area contributed by atoms with E-state index in [1.807, 2.05) is 42.5 Å². The molecule has 3 nitrogen and oxygen atoms in total. The maximum atomic E-state index is 14.5. The van der Waals surface area contributed by atoms with E-state index in [-0.39, 0.29) is 5.82 Å². The summed E-state index contributed by atoms with van der Waals surface area (Å²) in [6, 6.07) is 21.1. The SMILES string of the molecule is CCc1cc(Cl)c(C[C@H]2CCc3c(-c4ccccc4F)cccc32)cc1OCc1cccnn1. The summed E-state index contributed by atoms with van der Waals surface area (Å²) < 4.78 is 20.6. The smallest absolute Gasteiger partial charge is 0.132 e. The number of rotatable bonds is 7. The molecule has 34 heavy (non-hydrogen) atoms. The van der Waals surface area contributed by atoms with Gasteiger partial charge < -0.3 is 4.74 Å². The summed E-state index contributed by atoms with van der Waals surface area (Å²) in [6.07, 6.45) is 5.25. The van der Waals surface area contributed by atoms with Gasteiger partial charge in [-0.3, -0.25) is 0 Å². The summed E-state index contributed by atoms with van der Waals surface area (Å²) in [7, 11) is 0. The minimum atomic E-state index is -0.178. The molecule has 0 unspecified atom stereocenters. The van der Waals surface area contributed by atoms with Gasteiger partial charge in [0.15, 0.2) is 0 Å². The highest BCUT2D eigenvalue weighted by atomic mass is 35.5. The Labute approximate surface area is 204 Å². The zero-order valence-corrected chi connectivity index (χ0v) is 19.9. The minimum Gasteiger partial charge on any atom is -0.487 e. The van der Waals surface area contributed by atoms with E-state index in [1.54, 1.807) is 12.3 Å². The van der Waals surface area contributed by atoms with E-state index in [1.165, 1.54) is 17.2 Å². The molecule has 0 bridgehead atoms. The van der Waals surface area contributed by atoms with Crippen molar-refractivity contribution in [3.05, 3.63) is 112 Å². The van der Waals surface area contributed by atoms with E-state index in [9.17, 15) is 4.39 Å². The predicted molar refractivity (Wildman–Crippen MR) is 134 cm³/mol. The molecule has 5 rings (SSSR count). The van der Waals surface area contributed by atoms with Crippen LogP contribution in [0.2, 0.25) is 5.02 Å². The molecule has 1 atom stereocenters. The van der Waals surface area contributed by atoms with E-state index in [4.69, 9.17) is 16.3 Å². The first-order valence-electron chi connectivity index (χ1n) is 11.7. The van der Waals surface area contributed by atoms with E-state index in [2.05, 4.69) is 29.3 Å². The van der Waals surface area contributed by atoms with Gasteiger partial charge in [-0.15, -0.1) is 0 Å². The number of nitrogens with zero attached hydrogens (tertiary/aromatic N) is 2. The third kappa shape index (κ3) is 4.55. The molecule has 0 spiro atoms. The Kier molecular flexibility index (Phi) is 6.59. The number of ether oxygens (including phenoxy) is 1. The zero-order valence-electron chi connectivity index (χ0n) is 19.1. The van der Waals surface area contributed by atoms with Crippen molar-refractivity contribution in [3.8, 4) is 16.9 Å². The Morgan fingerprint density at radius 2 is 1.85 bits per heavy atom. The van der Waals surface area contributed by atoms with Crippen LogP contribution in [0.1, 0.15) is 47.2 Å². The highest BCUT2D eigenvalue weighted by Crippen LogP contribution is 2.42. The summed E-state index contributed by atoms with van der Waals surface area (Å²) in [4.78, 5) is 0. The highest BCUT2D eigenvalue weighted by molar-refractivity contribution is 6.31. The van der Waals surface area contributed by atoms with Gasteiger partial charge in [-0.25, -0.2) is 4.39 Å². The molecule has 1 heterocycles. The number of benzene rings is 3. The quantitative estimate of drug-likeness (QED) is 0.282. The van der Waals surface area contributed by atoms with Gasteiger partial charge in [0.1, 0.15) is 23.9 Å². The van der Waals surface area contributed by atoms with Gasteiger partial charge in [-0.2, -0.15) is 10.2 Å². The molecule has 0 amide bonds. The molecule has 172 valence electrons. The van der Waals surface area contributed by atoms with E-state index < -0.39 is 0 Å². The van der Waals surface area contributed by atoms with Crippen LogP contribution >= 0.6 is 11.6 Å². The van der Waals surface area contributed by atoms with Crippen molar-refractivity contribution in [1.29, 1.82) is 0 Å². The van der Waals surface area contributed by atoms with Crippen LogP contribution < -0.4 is 4.74 Å². The van der Waals surface area contributed by atoms with Crippen LogP contribution in [-0.4, -0.2) is 10.2 Å². The monoisotopic (exact) mass is 472 g/mol.